The maximum Gasteiger partial charge on any atom is 0.250 e. The normalized spacial score (nSPS) is 22.2. The Bertz CT molecular complexity index is 584. The Kier molecular flexibility index (Phi) is 5.96. The van der Waals surface area contributed by atoms with Crippen LogP contribution in [0.15, 0.2) is 29.2 Å². The Morgan fingerprint density at radius 2 is 2.09 bits per heavy atom. The van der Waals surface area contributed by atoms with Crippen LogP contribution in [-0.2, 0) is 11.3 Å². The van der Waals surface area contributed by atoms with Crippen LogP contribution in [0.5, 0.6) is 0 Å². The molecule has 0 saturated carbocycles. The van der Waals surface area contributed by atoms with E-state index >= 15 is 0 Å². The number of carbonyl (C=O) groups excluding carboxylic acids is 1. The van der Waals surface area contributed by atoms with Crippen LogP contribution < -0.4 is 5.56 Å². The molecule has 6 nitrogen and oxygen atoms in total. The summed E-state index contributed by atoms with van der Waals surface area (Å²) in [6, 6.07) is 4.98. The second-order valence-electron chi connectivity index (χ2n) is 6.68. The maximum atomic E-state index is 12.4. The summed E-state index contributed by atoms with van der Waals surface area (Å²) >= 11 is 0. The molecule has 0 radical (unpaired) electrons. The smallest absolute Gasteiger partial charge is 0.250 e. The highest BCUT2D eigenvalue weighted by Gasteiger charge is 2.31. The van der Waals surface area contributed by atoms with Crippen molar-refractivity contribution in [1.82, 2.24) is 14.4 Å². The summed E-state index contributed by atoms with van der Waals surface area (Å²) in [5, 5.41) is 10.6. The maximum absolute atomic E-state index is 12.4. The summed E-state index contributed by atoms with van der Waals surface area (Å²) in [5.74, 6) is 0.0508. The number of likely N-dealkylation sites (N-methyl/N-ethyl adjacent to an activating group) is 1. The zero-order chi connectivity index (χ0) is 16.9. The molecular formula is C17H27N3O3. The number of rotatable bonds is 5. The number of aliphatic hydroxyl groups is 1. The molecule has 0 bridgehead atoms. The van der Waals surface area contributed by atoms with E-state index in [1.54, 1.807) is 22.9 Å². The van der Waals surface area contributed by atoms with Gasteiger partial charge in [0.25, 0.3) is 5.56 Å². The fraction of sp³-hybridized carbons (Fsp3) is 0.647. The van der Waals surface area contributed by atoms with Crippen LogP contribution in [0.1, 0.15) is 25.7 Å². The lowest BCUT2D eigenvalue weighted by Crippen LogP contribution is -2.41. The second kappa shape index (κ2) is 7.75. The summed E-state index contributed by atoms with van der Waals surface area (Å²) in [5.41, 5.74) is -0.800. The molecule has 2 rings (SSSR count). The minimum Gasteiger partial charge on any atom is -0.388 e. The van der Waals surface area contributed by atoms with Gasteiger partial charge in [-0.05, 0) is 39.4 Å². The second-order valence-corrected chi connectivity index (χ2v) is 6.68. The average molecular weight is 321 g/mol. The van der Waals surface area contributed by atoms with Crippen LogP contribution >= 0.6 is 0 Å². The molecule has 0 spiro atoms. The Morgan fingerprint density at radius 3 is 2.78 bits per heavy atom. The van der Waals surface area contributed by atoms with E-state index in [0.717, 1.165) is 6.42 Å². The van der Waals surface area contributed by atoms with Crippen LogP contribution in [0.2, 0.25) is 0 Å². The van der Waals surface area contributed by atoms with Gasteiger partial charge in [-0.2, -0.15) is 0 Å². The minimum atomic E-state index is -0.713. The minimum absolute atomic E-state index is 0.0508. The molecule has 128 valence electrons. The van der Waals surface area contributed by atoms with Gasteiger partial charge in [0.05, 0.1) is 5.60 Å². The summed E-state index contributed by atoms with van der Waals surface area (Å²) in [6.07, 6.45) is 4.14. The van der Waals surface area contributed by atoms with Gasteiger partial charge in [0, 0.05) is 44.9 Å². The van der Waals surface area contributed by atoms with Crippen LogP contribution in [0, 0.1) is 0 Å². The summed E-state index contributed by atoms with van der Waals surface area (Å²) in [7, 11) is 3.90. The van der Waals surface area contributed by atoms with Gasteiger partial charge in [-0.1, -0.05) is 6.07 Å². The summed E-state index contributed by atoms with van der Waals surface area (Å²) < 4.78 is 1.55. The molecule has 1 fully saturated rings. The topological polar surface area (TPSA) is 65.8 Å². The lowest BCUT2D eigenvalue weighted by Gasteiger charge is -2.30. The molecule has 1 unspecified atom stereocenters. The van der Waals surface area contributed by atoms with Crippen molar-refractivity contribution in [2.45, 2.75) is 37.8 Å². The van der Waals surface area contributed by atoms with E-state index in [9.17, 15) is 14.7 Å². The standard InChI is InChI=1S/C17H27N3O3/c1-18(2)14-17(23)8-5-11-20(13-9-17)16(22)7-12-19-10-4-3-6-15(19)21/h3-4,6,10,23H,5,7-9,11-14H2,1-2H3. The third-order valence-corrected chi connectivity index (χ3v) is 4.35. The molecule has 1 aliphatic heterocycles. The van der Waals surface area contributed by atoms with Crippen LogP contribution in [-0.4, -0.2) is 64.7 Å². The number of aryl methyl sites for hydroxylation is 1. The molecule has 1 atom stereocenters. The zero-order valence-corrected chi connectivity index (χ0v) is 14.1. The first-order chi connectivity index (χ1) is 10.9. The number of hydrogen-bond acceptors (Lipinski definition) is 4. The predicted molar refractivity (Wildman–Crippen MR) is 89.3 cm³/mol. The van der Waals surface area contributed by atoms with E-state index in [2.05, 4.69) is 0 Å². The Labute approximate surface area is 137 Å². The van der Waals surface area contributed by atoms with Gasteiger partial charge in [0.15, 0.2) is 0 Å². The molecule has 1 aromatic heterocycles. The van der Waals surface area contributed by atoms with Crippen LogP contribution in [0.3, 0.4) is 0 Å². The van der Waals surface area contributed by atoms with Crippen molar-refractivity contribution in [3.8, 4) is 0 Å². The molecule has 1 aliphatic rings. The number of hydrogen-bond donors (Lipinski definition) is 1. The van der Waals surface area contributed by atoms with E-state index in [-0.39, 0.29) is 11.5 Å². The third-order valence-electron chi connectivity index (χ3n) is 4.35. The van der Waals surface area contributed by atoms with Crippen LogP contribution in [0.4, 0.5) is 0 Å². The van der Waals surface area contributed by atoms with Crippen molar-refractivity contribution < 1.29 is 9.90 Å². The molecule has 1 saturated heterocycles. The zero-order valence-electron chi connectivity index (χ0n) is 14.1. The quantitative estimate of drug-likeness (QED) is 0.860. The Morgan fingerprint density at radius 1 is 1.30 bits per heavy atom. The molecule has 2 heterocycles. The van der Waals surface area contributed by atoms with Crippen molar-refractivity contribution in [2.75, 3.05) is 33.7 Å². The lowest BCUT2D eigenvalue weighted by atomic mass is 9.94. The number of carbonyl (C=O) groups is 1. The monoisotopic (exact) mass is 321 g/mol. The average Bonchev–Trinajstić information content (AvgIpc) is 2.67. The van der Waals surface area contributed by atoms with Gasteiger partial charge in [-0.15, -0.1) is 0 Å². The predicted octanol–water partition coefficient (Wildman–Crippen LogP) is 0.544. The number of amides is 1. The van der Waals surface area contributed by atoms with E-state index < -0.39 is 5.60 Å². The summed E-state index contributed by atoms with van der Waals surface area (Å²) in [6.45, 7) is 2.27. The van der Waals surface area contributed by atoms with Gasteiger partial charge in [0.1, 0.15) is 0 Å². The highest BCUT2D eigenvalue weighted by Crippen LogP contribution is 2.23. The highest BCUT2D eigenvalue weighted by atomic mass is 16.3. The molecule has 1 amide bonds. The molecule has 23 heavy (non-hydrogen) atoms. The van der Waals surface area contributed by atoms with E-state index in [1.165, 1.54) is 6.07 Å². The van der Waals surface area contributed by atoms with Crippen molar-refractivity contribution in [3.63, 3.8) is 0 Å². The number of aromatic nitrogens is 1. The fourth-order valence-electron chi connectivity index (χ4n) is 3.19. The fourth-order valence-corrected chi connectivity index (χ4v) is 3.19. The van der Waals surface area contributed by atoms with Crippen molar-refractivity contribution in [3.05, 3.63) is 34.7 Å². The number of nitrogens with zero attached hydrogens (tertiary/aromatic N) is 3. The first-order valence-corrected chi connectivity index (χ1v) is 8.20. The Balaban J connectivity index is 1.88. The Hall–Kier alpha value is -1.66. The van der Waals surface area contributed by atoms with E-state index in [1.807, 2.05) is 23.9 Å². The van der Waals surface area contributed by atoms with Crippen molar-refractivity contribution in [1.29, 1.82) is 0 Å². The number of pyridine rings is 1. The highest BCUT2D eigenvalue weighted by molar-refractivity contribution is 5.76. The van der Waals surface area contributed by atoms with Gasteiger partial charge >= 0.3 is 0 Å². The van der Waals surface area contributed by atoms with Crippen molar-refractivity contribution >= 4 is 5.91 Å². The van der Waals surface area contributed by atoms with Gasteiger partial charge in [-0.25, -0.2) is 0 Å². The first kappa shape index (κ1) is 17.7. The molecule has 1 N–H and O–H groups in total. The molecule has 0 aliphatic carbocycles. The lowest BCUT2D eigenvalue weighted by molar-refractivity contribution is -0.131. The third kappa shape index (κ3) is 5.18. The summed E-state index contributed by atoms with van der Waals surface area (Å²) in [4.78, 5) is 27.8. The van der Waals surface area contributed by atoms with Crippen LogP contribution in [0.25, 0.3) is 0 Å². The largest absolute Gasteiger partial charge is 0.388 e. The first-order valence-electron chi connectivity index (χ1n) is 8.20. The van der Waals surface area contributed by atoms with Gasteiger partial charge in [-0.3, -0.25) is 9.59 Å². The van der Waals surface area contributed by atoms with Gasteiger partial charge < -0.3 is 19.5 Å². The molecule has 6 heteroatoms. The van der Waals surface area contributed by atoms with E-state index in [0.29, 0.717) is 45.4 Å². The number of likely N-dealkylation sites (tertiary alicyclic amines) is 1. The molecule has 1 aromatic rings. The van der Waals surface area contributed by atoms with Gasteiger partial charge in [0.2, 0.25) is 5.91 Å². The van der Waals surface area contributed by atoms with E-state index in [4.69, 9.17) is 0 Å². The molecule has 0 aromatic carbocycles. The molecular weight excluding hydrogens is 294 g/mol. The van der Waals surface area contributed by atoms with Crippen molar-refractivity contribution in [2.24, 2.45) is 0 Å². The SMILES string of the molecule is CN(C)CC1(O)CCCN(C(=O)CCn2ccccc2=O)CC1.